The fraction of sp³-hybridized carbons (Fsp3) is 0.625. The molecule has 1 unspecified atom stereocenters. The van der Waals surface area contributed by atoms with Crippen LogP contribution in [0.25, 0.3) is 0 Å². The average Bonchev–Trinajstić information content (AvgIpc) is 2.96. The summed E-state index contributed by atoms with van der Waals surface area (Å²) in [5.74, 6) is 1.27. The molecule has 1 aliphatic carbocycles. The zero-order valence-corrected chi connectivity index (χ0v) is 13.3. The van der Waals surface area contributed by atoms with E-state index >= 15 is 0 Å². The van der Waals surface area contributed by atoms with E-state index in [1.54, 1.807) is 14.2 Å². The van der Waals surface area contributed by atoms with Gasteiger partial charge in [-0.3, -0.25) is 0 Å². The molecule has 1 aliphatic rings. The first-order valence-electron chi connectivity index (χ1n) is 7.25. The van der Waals surface area contributed by atoms with Crippen LogP contribution >= 0.6 is 11.6 Å². The number of benzene rings is 1. The van der Waals surface area contributed by atoms with Gasteiger partial charge in [0.05, 0.1) is 14.2 Å². The summed E-state index contributed by atoms with van der Waals surface area (Å²) in [5.41, 5.74) is 7.76. The largest absolute Gasteiger partial charge is 0.495 e. The van der Waals surface area contributed by atoms with Gasteiger partial charge in [0, 0.05) is 11.6 Å². The summed E-state index contributed by atoms with van der Waals surface area (Å²) in [7, 11) is 3.23. The number of hydrogen-bond donors (Lipinski definition) is 1. The number of hydrogen-bond acceptors (Lipinski definition) is 3. The minimum absolute atomic E-state index is 0.0478. The Balaban J connectivity index is 2.44. The van der Waals surface area contributed by atoms with E-state index in [9.17, 15) is 0 Å². The van der Waals surface area contributed by atoms with E-state index in [4.69, 9.17) is 26.8 Å². The molecule has 1 aromatic carbocycles. The molecule has 4 heteroatoms. The van der Waals surface area contributed by atoms with Gasteiger partial charge in [-0.25, -0.2) is 0 Å². The smallest absolute Gasteiger partial charge is 0.146 e. The molecule has 0 amide bonds. The van der Waals surface area contributed by atoms with Gasteiger partial charge in [-0.1, -0.05) is 31.4 Å². The third-order valence-electron chi connectivity index (χ3n) is 4.81. The van der Waals surface area contributed by atoms with Crippen LogP contribution in [0.1, 0.15) is 50.6 Å². The molecule has 1 saturated carbocycles. The van der Waals surface area contributed by atoms with Crippen molar-refractivity contribution in [2.75, 3.05) is 14.2 Å². The van der Waals surface area contributed by atoms with Crippen LogP contribution in [0.3, 0.4) is 0 Å². The van der Waals surface area contributed by atoms with E-state index in [0.29, 0.717) is 16.5 Å². The van der Waals surface area contributed by atoms with E-state index in [1.807, 2.05) is 12.1 Å². The Hall–Kier alpha value is -0.930. The number of nitrogens with two attached hydrogens (primary N) is 1. The standard InChI is InChI=1S/C16H24ClNO2/c1-4-16(9-5-6-10-16)15(18)11-7-8-12(19-2)13(17)14(11)20-3/h7-8,15H,4-6,9-10,18H2,1-3H3. The third kappa shape index (κ3) is 2.49. The fourth-order valence-corrected chi connectivity index (χ4v) is 3.78. The van der Waals surface area contributed by atoms with Crippen LogP contribution in [-0.4, -0.2) is 14.2 Å². The lowest BCUT2D eigenvalue weighted by atomic mass is 9.73. The Labute approximate surface area is 126 Å². The molecule has 2 rings (SSSR count). The molecule has 1 atom stereocenters. The molecule has 2 N–H and O–H groups in total. The molecule has 1 aromatic rings. The summed E-state index contributed by atoms with van der Waals surface area (Å²) in [4.78, 5) is 0. The molecular weight excluding hydrogens is 274 g/mol. The maximum atomic E-state index is 6.60. The summed E-state index contributed by atoms with van der Waals surface area (Å²) in [6, 6.07) is 3.82. The van der Waals surface area contributed by atoms with Gasteiger partial charge >= 0.3 is 0 Å². The van der Waals surface area contributed by atoms with Crippen LogP contribution in [0, 0.1) is 5.41 Å². The summed E-state index contributed by atoms with van der Waals surface area (Å²) in [5, 5.41) is 0.507. The van der Waals surface area contributed by atoms with Crippen molar-refractivity contribution < 1.29 is 9.47 Å². The van der Waals surface area contributed by atoms with Crippen LogP contribution in [0.5, 0.6) is 11.5 Å². The predicted octanol–water partition coefficient (Wildman–Crippen LogP) is 4.33. The van der Waals surface area contributed by atoms with Crippen molar-refractivity contribution in [2.45, 2.75) is 45.1 Å². The first-order valence-corrected chi connectivity index (χ1v) is 7.63. The number of halogens is 1. The van der Waals surface area contributed by atoms with E-state index in [1.165, 1.54) is 25.7 Å². The fourth-order valence-electron chi connectivity index (χ4n) is 3.46. The molecule has 0 radical (unpaired) electrons. The molecule has 0 saturated heterocycles. The normalized spacial score (nSPS) is 18.9. The van der Waals surface area contributed by atoms with Crippen molar-refractivity contribution in [3.63, 3.8) is 0 Å². The lowest BCUT2D eigenvalue weighted by molar-refractivity contribution is 0.218. The molecule has 3 nitrogen and oxygen atoms in total. The summed E-state index contributed by atoms with van der Waals surface area (Å²) in [6.07, 6.45) is 5.96. The average molecular weight is 298 g/mol. The van der Waals surface area contributed by atoms with E-state index in [0.717, 1.165) is 12.0 Å². The second-order valence-electron chi connectivity index (χ2n) is 5.60. The first-order chi connectivity index (χ1) is 9.59. The molecule has 0 aliphatic heterocycles. The quantitative estimate of drug-likeness (QED) is 0.880. The highest BCUT2D eigenvalue weighted by Gasteiger charge is 2.40. The van der Waals surface area contributed by atoms with Crippen molar-refractivity contribution in [3.05, 3.63) is 22.7 Å². The van der Waals surface area contributed by atoms with Crippen LogP contribution in [0.2, 0.25) is 5.02 Å². The summed E-state index contributed by atoms with van der Waals surface area (Å²) in [6.45, 7) is 2.22. The Bertz CT molecular complexity index is 470. The Morgan fingerprint density at radius 3 is 2.40 bits per heavy atom. The van der Waals surface area contributed by atoms with Crippen LogP contribution in [-0.2, 0) is 0 Å². The SMILES string of the molecule is CCC1(C(N)c2ccc(OC)c(Cl)c2OC)CCCC1. The van der Waals surface area contributed by atoms with Gasteiger partial charge in [0.15, 0.2) is 0 Å². The van der Waals surface area contributed by atoms with E-state index in [2.05, 4.69) is 6.92 Å². The number of rotatable bonds is 5. The maximum absolute atomic E-state index is 6.60. The van der Waals surface area contributed by atoms with Gasteiger partial charge in [0.1, 0.15) is 16.5 Å². The molecule has 0 spiro atoms. The van der Waals surface area contributed by atoms with Crippen molar-refractivity contribution >= 4 is 11.6 Å². The van der Waals surface area contributed by atoms with E-state index in [-0.39, 0.29) is 11.5 Å². The van der Waals surface area contributed by atoms with Crippen LogP contribution in [0.4, 0.5) is 0 Å². The minimum atomic E-state index is -0.0478. The zero-order chi connectivity index (χ0) is 14.8. The highest BCUT2D eigenvalue weighted by atomic mass is 35.5. The minimum Gasteiger partial charge on any atom is -0.495 e. The third-order valence-corrected chi connectivity index (χ3v) is 5.17. The Kier molecular flexibility index (Phi) is 4.82. The Morgan fingerprint density at radius 2 is 1.90 bits per heavy atom. The molecule has 0 aromatic heterocycles. The maximum Gasteiger partial charge on any atom is 0.146 e. The molecule has 0 heterocycles. The Morgan fingerprint density at radius 1 is 1.25 bits per heavy atom. The van der Waals surface area contributed by atoms with Gasteiger partial charge in [-0.15, -0.1) is 0 Å². The monoisotopic (exact) mass is 297 g/mol. The topological polar surface area (TPSA) is 44.5 Å². The van der Waals surface area contributed by atoms with Crippen molar-refractivity contribution in [2.24, 2.45) is 11.1 Å². The first kappa shape index (κ1) is 15.5. The number of methoxy groups -OCH3 is 2. The van der Waals surface area contributed by atoms with Crippen molar-refractivity contribution in [1.29, 1.82) is 0 Å². The molecule has 112 valence electrons. The molecule has 1 fully saturated rings. The number of ether oxygens (including phenoxy) is 2. The van der Waals surface area contributed by atoms with Gasteiger partial charge in [-0.05, 0) is 36.8 Å². The van der Waals surface area contributed by atoms with Gasteiger partial charge in [-0.2, -0.15) is 0 Å². The van der Waals surface area contributed by atoms with Gasteiger partial charge < -0.3 is 15.2 Å². The van der Waals surface area contributed by atoms with Gasteiger partial charge in [0.25, 0.3) is 0 Å². The second kappa shape index (κ2) is 6.23. The predicted molar refractivity (Wildman–Crippen MR) is 82.7 cm³/mol. The molecule has 0 bridgehead atoms. The van der Waals surface area contributed by atoms with Crippen LogP contribution in [0.15, 0.2) is 12.1 Å². The van der Waals surface area contributed by atoms with Crippen LogP contribution < -0.4 is 15.2 Å². The second-order valence-corrected chi connectivity index (χ2v) is 5.98. The highest BCUT2D eigenvalue weighted by molar-refractivity contribution is 6.33. The summed E-state index contributed by atoms with van der Waals surface area (Å²) >= 11 is 6.35. The van der Waals surface area contributed by atoms with Crippen molar-refractivity contribution in [1.82, 2.24) is 0 Å². The van der Waals surface area contributed by atoms with E-state index < -0.39 is 0 Å². The molecule has 20 heavy (non-hydrogen) atoms. The lowest BCUT2D eigenvalue weighted by Crippen LogP contribution is -2.32. The summed E-state index contributed by atoms with van der Waals surface area (Å²) < 4.78 is 10.7. The zero-order valence-electron chi connectivity index (χ0n) is 12.5. The lowest BCUT2D eigenvalue weighted by Gasteiger charge is -2.35. The van der Waals surface area contributed by atoms with Crippen molar-refractivity contribution in [3.8, 4) is 11.5 Å². The highest BCUT2D eigenvalue weighted by Crippen LogP contribution is 2.52. The van der Waals surface area contributed by atoms with Gasteiger partial charge in [0.2, 0.25) is 0 Å². The molecular formula is C16H24ClNO2.